The lowest BCUT2D eigenvalue weighted by Crippen LogP contribution is -2.35. The first kappa shape index (κ1) is 26.8. The smallest absolute Gasteiger partial charge is 0.308 e. The van der Waals surface area contributed by atoms with Gasteiger partial charge in [0.1, 0.15) is 6.54 Å². The molecular weight excluding hydrogens is 551 g/mol. The summed E-state index contributed by atoms with van der Waals surface area (Å²) in [7, 11) is -3.81. The Morgan fingerprint density at radius 3 is 2.36 bits per heavy atom. The molecule has 2 aromatic carbocycles. The molecule has 2 aliphatic carbocycles. The summed E-state index contributed by atoms with van der Waals surface area (Å²) in [5.74, 6) is 1.69. The van der Waals surface area contributed by atoms with Gasteiger partial charge in [0.2, 0.25) is 15.9 Å². The number of anilines is 1. The summed E-state index contributed by atoms with van der Waals surface area (Å²) < 4.78 is 24.7. The van der Waals surface area contributed by atoms with E-state index in [9.17, 15) is 18.0 Å². The van der Waals surface area contributed by atoms with Crippen molar-refractivity contribution in [2.75, 3.05) is 5.32 Å². The number of nitrogens with two attached hydrogens (primary N) is 1. The number of carbonyl (C=O) groups is 1. The Labute approximate surface area is 237 Å². The molecule has 0 spiro atoms. The van der Waals surface area contributed by atoms with E-state index in [4.69, 9.17) is 5.14 Å². The van der Waals surface area contributed by atoms with Gasteiger partial charge in [-0.25, -0.2) is 13.6 Å². The van der Waals surface area contributed by atoms with Crippen LogP contribution in [0.3, 0.4) is 0 Å². The van der Waals surface area contributed by atoms with Crippen molar-refractivity contribution in [1.82, 2.24) is 4.57 Å². The second-order valence-electron chi connectivity index (χ2n) is 12.1. The van der Waals surface area contributed by atoms with Crippen LogP contribution in [0.25, 0.3) is 0 Å². The fourth-order valence-electron chi connectivity index (χ4n) is 6.72. The summed E-state index contributed by atoms with van der Waals surface area (Å²) in [5, 5.41) is 9.34. The fraction of sp³-hybridized carbons (Fsp3) is 0.448. The number of aromatic nitrogens is 1. The minimum absolute atomic E-state index is 0.0259. The predicted octanol–water partition coefficient (Wildman–Crippen LogP) is 5.15. The van der Waals surface area contributed by atoms with Crippen molar-refractivity contribution >= 4 is 44.7 Å². The lowest BCUT2D eigenvalue weighted by Gasteiger charge is -2.40. The second kappa shape index (κ2) is 9.61. The van der Waals surface area contributed by atoms with Gasteiger partial charge in [-0.1, -0.05) is 56.4 Å². The van der Waals surface area contributed by atoms with Crippen molar-refractivity contribution in [3.63, 3.8) is 0 Å². The predicted molar refractivity (Wildman–Crippen MR) is 156 cm³/mol. The molecule has 7 nitrogen and oxygen atoms in total. The first-order chi connectivity index (χ1) is 18.4. The maximum Gasteiger partial charge on any atom is 0.308 e. The van der Waals surface area contributed by atoms with Crippen LogP contribution in [0.2, 0.25) is 0 Å². The zero-order valence-electron chi connectivity index (χ0n) is 22.2. The topological polar surface area (TPSA) is 111 Å². The van der Waals surface area contributed by atoms with Crippen LogP contribution in [0.1, 0.15) is 62.0 Å². The Kier molecular flexibility index (Phi) is 6.60. The minimum Gasteiger partial charge on any atom is -0.325 e. The molecule has 2 heterocycles. The van der Waals surface area contributed by atoms with Crippen molar-refractivity contribution in [3.8, 4) is 0 Å². The van der Waals surface area contributed by atoms with Gasteiger partial charge in [0.15, 0.2) is 0 Å². The highest BCUT2D eigenvalue weighted by atomic mass is 32.2. The van der Waals surface area contributed by atoms with E-state index in [1.807, 2.05) is 11.8 Å². The van der Waals surface area contributed by atoms with E-state index in [0.717, 1.165) is 9.90 Å². The molecule has 1 aromatic heterocycles. The zero-order valence-corrected chi connectivity index (χ0v) is 24.7. The van der Waals surface area contributed by atoms with E-state index in [2.05, 4.69) is 50.4 Å². The number of nitrogens with zero attached hydrogens (tertiary/aromatic N) is 1. The van der Waals surface area contributed by atoms with Crippen LogP contribution in [0.15, 0.2) is 63.2 Å². The number of rotatable bonds is 5. The third-order valence-corrected chi connectivity index (χ3v) is 12.4. The maximum absolute atomic E-state index is 13.3. The highest BCUT2D eigenvalue weighted by Crippen LogP contribution is 2.64. The molecule has 0 unspecified atom stereocenters. The van der Waals surface area contributed by atoms with Crippen molar-refractivity contribution in [1.29, 1.82) is 0 Å². The van der Waals surface area contributed by atoms with E-state index in [1.54, 1.807) is 4.57 Å². The van der Waals surface area contributed by atoms with Crippen LogP contribution in [0, 0.1) is 17.8 Å². The first-order valence-corrected chi connectivity index (χ1v) is 16.6. The van der Waals surface area contributed by atoms with Crippen LogP contribution in [-0.4, -0.2) is 24.1 Å². The summed E-state index contributed by atoms with van der Waals surface area (Å²) in [6.45, 7) is 6.56. The molecule has 206 valence electrons. The SMILES string of the molecule is CC(C)(C)c1ccc([C@@H]2c3sc(=O)n(CC(=O)Nc4ccc(S(N)(=O)=O)cc4)c3S[C@@H]3[C@H]4CC[C@@H](C4)[C@@H]23)cc1. The van der Waals surface area contributed by atoms with Crippen molar-refractivity contribution < 1.29 is 13.2 Å². The third kappa shape index (κ3) is 4.90. The van der Waals surface area contributed by atoms with E-state index in [-0.39, 0.29) is 33.6 Å². The first-order valence-electron chi connectivity index (χ1n) is 13.3. The van der Waals surface area contributed by atoms with Gasteiger partial charge in [-0.2, -0.15) is 0 Å². The van der Waals surface area contributed by atoms with E-state index in [0.29, 0.717) is 28.7 Å². The van der Waals surface area contributed by atoms with Crippen molar-refractivity contribution in [2.45, 2.75) is 73.1 Å². The van der Waals surface area contributed by atoms with Gasteiger partial charge in [-0.05, 0) is 77.8 Å². The number of hydrogen-bond donors (Lipinski definition) is 2. The second-order valence-corrected chi connectivity index (χ2v) is 15.8. The average molecular weight is 584 g/mol. The molecule has 1 aliphatic heterocycles. The quantitative estimate of drug-likeness (QED) is 0.432. The summed E-state index contributed by atoms with van der Waals surface area (Å²) in [4.78, 5) is 27.3. The molecule has 1 amide bonds. The molecule has 3 N–H and O–H groups in total. The monoisotopic (exact) mass is 583 g/mol. The molecular formula is C29H33N3O4S3. The highest BCUT2D eigenvalue weighted by Gasteiger charge is 2.55. The standard InChI is InChI=1S/C29H33N3O4S3/c1-29(2,3)19-8-6-16(7-9-19)23-24-17-4-5-18(14-17)25(24)37-27-26(23)38-28(34)32(27)15-22(33)31-20-10-12-21(13-11-20)39(30,35)36/h6-13,17-18,23-25H,4-5,14-15H2,1-3H3,(H,31,33)(H2,30,35,36)/t17-,18-,23-,24-,25+/m0/s1. The van der Waals surface area contributed by atoms with E-state index in [1.165, 1.54) is 66.0 Å². The average Bonchev–Trinajstić information content (AvgIpc) is 3.56. The van der Waals surface area contributed by atoms with Crippen LogP contribution in [0.5, 0.6) is 0 Å². The number of thiazole rings is 1. The molecule has 3 aromatic rings. The summed E-state index contributed by atoms with van der Waals surface area (Å²) in [6.07, 6.45) is 3.76. The molecule has 6 rings (SSSR count). The zero-order chi connectivity index (χ0) is 27.7. The van der Waals surface area contributed by atoms with Gasteiger partial charge in [0.05, 0.1) is 9.92 Å². The summed E-state index contributed by atoms with van der Waals surface area (Å²) in [6, 6.07) is 14.7. The fourth-order valence-corrected chi connectivity index (χ4v) is 10.4. The number of primary sulfonamides is 1. The number of sulfonamides is 1. The molecule has 2 fully saturated rings. The Hall–Kier alpha value is -2.40. The molecule has 2 saturated carbocycles. The maximum atomic E-state index is 13.3. The van der Waals surface area contributed by atoms with Gasteiger partial charge >= 0.3 is 4.87 Å². The number of fused-ring (bicyclic) bond motifs is 6. The number of thioether (sulfide) groups is 1. The number of hydrogen-bond acceptors (Lipinski definition) is 6. The number of nitrogens with one attached hydrogen (secondary N) is 1. The Balaban J connectivity index is 1.31. The molecule has 2 bridgehead atoms. The molecule has 10 heteroatoms. The van der Waals surface area contributed by atoms with Gasteiger partial charge in [-0.15, -0.1) is 11.8 Å². The number of amides is 1. The van der Waals surface area contributed by atoms with E-state index < -0.39 is 10.0 Å². The lowest BCUT2D eigenvalue weighted by molar-refractivity contribution is -0.116. The van der Waals surface area contributed by atoms with E-state index >= 15 is 0 Å². The summed E-state index contributed by atoms with van der Waals surface area (Å²) >= 11 is 3.09. The van der Waals surface area contributed by atoms with Gasteiger partial charge in [-0.3, -0.25) is 14.2 Å². The number of carbonyl (C=O) groups excluding carboxylic acids is 1. The van der Waals surface area contributed by atoms with Crippen molar-refractivity contribution in [3.05, 3.63) is 74.2 Å². The molecule has 39 heavy (non-hydrogen) atoms. The largest absolute Gasteiger partial charge is 0.325 e. The molecule has 0 saturated heterocycles. The van der Waals surface area contributed by atoms with Gasteiger partial charge < -0.3 is 5.32 Å². The third-order valence-electron chi connectivity index (χ3n) is 8.59. The Bertz CT molecular complexity index is 1580. The van der Waals surface area contributed by atoms with Crippen LogP contribution < -0.4 is 15.3 Å². The highest BCUT2D eigenvalue weighted by molar-refractivity contribution is 8.00. The van der Waals surface area contributed by atoms with Crippen LogP contribution in [0.4, 0.5) is 5.69 Å². The van der Waals surface area contributed by atoms with Crippen molar-refractivity contribution in [2.24, 2.45) is 22.9 Å². The van der Waals surface area contributed by atoms with Gasteiger partial charge in [0, 0.05) is 21.7 Å². The number of benzene rings is 2. The Morgan fingerprint density at radius 1 is 1.05 bits per heavy atom. The summed E-state index contributed by atoms with van der Waals surface area (Å²) in [5.41, 5.74) is 3.07. The minimum atomic E-state index is -3.81. The molecule has 3 aliphatic rings. The van der Waals surface area contributed by atoms with Gasteiger partial charge in [0.25, 0.3) is 0 Å². The van der Waals surface area contributed by atoms with Crippen LogP contribution >= 0.6 is 23.1 Å². The lowest BCUT2D eigenvalue weighted by atomic mass is 9.74. The van der Waals surface area contributed by atoms with Crippen LogP contribution in [-0.2, 0) is 26.8 Å². The molecule has 5 atom stereocenters. The Morgan fingerprint density at radius 2 is 1.72 bits per heavy atom. The molecule has 0 radical (unpaired) electrons. The normalized spacial score (nSPS) is 25.8.